The summed E-state index contributed by atoms with van der Waals surface area (Å²) in [5.41, 5.74) is 5.15. The van der Waals surface area contributed by atoms with E-state index >= 15 is 0 Å². The smallest absolute Gasteiger partial charge is 0.313 e. The van der Waals surface area contributed by atoms with Crippen LogP contribution in [0, 0.1) is 6.92 Å². The van der Waals surface area contributed by atoms with Gasteiger partial charge in [0.1, 0.15) is 0 Å². The molecule has 1 atom stereocenters. The van der Waals surface area contributed by atoms with Crippen molar-refractivity contribution in [2.24, 2.45) is 0 Å². The maximum atomic E-state index is 12.6. The van der Waals surface area contributed by atoms with Crippen LogP contribution in [-0.2, 0) is 20.7 Å². The van der Waals surface area contributed by atoms with E-state index in [-0.39, 0.29) is 6.04 Å². The Bertz CT molecular complexity index is 1020. The van der Waals surface area contributed by atoms with Gasteiger partial charge in [0.2, 0.25) is 0 Å². The number of carbonyl (C=O) groups is 2. The SMILES string of the molecule is Cc1ccc(NC(=O)C(=O)NC[C@@H](c2ccc3c(c2)CCCN3C)N2CCOCC2)cc1Cl. The first-order valence-electron chi connectivity index (χ1n) is 11.4. The van der Waals surface area contributed by atoms with Crippen molar-refractivity contribution in [3.05, 3.63) is 58.1 Å². The summed E-state index contributed by atoms with van der Waals surface area (Å²) in [5, 5.41) is 6.00. The van der Waals surface area contributed by atoms with Gasteiger partial charge in [-0.25, -0.2) is 0 Å². The van der Waals surface area contributed by atoms with Crippen molar-refractivity contribution in [3.8, 4) is 0 Å². The van der Waals surface area contributed by atoms with E-state index in [4.69, 9.17) is 16.3 Å². The molecule has 0 bridgehead atoms. The van der Waals surface area contributed by atoms with Crippen molar-refractivity contribution >= 4 is 34.8 Å². The third-order valence-corrected chi connectivity index (χ3v) is 6.82. The maximum absolute atomic E-state index is 12.6. The minimum atomic E-state index is -0.706. The zero-order chi connectivity index (χ0) is 23.4. The molecule has 2 heterocycles. The first kappa shape index (κ1) is 23.5. The van der Waals surface area contributed by atoms with Crippen LogP contribution in [0.1, 0.15) is 29.2 Å². The summed E-state index contributed by atoms with van der Waals surface area (Å²) >= 11 is 6.12. The molecule has 0 aromatic heterocycles. The van der Waals surface area contributed by atoms with Gasteiger partial charge in [0.05, 0.1) is 19.3 Å². The quantitative estimate of drug-likeness (QED) is 0.657. The molecule has 0 unspecified atom stereocenters. The lowest BCUT2D eigenvalue weighted by atomic mass is 9.95. The van der Waals surface area contributed by atoms with E-state index in [1.165, 1.54) is 11.3 Å². The molecule has 33 heavy (non-hydrogen) atoms. The fourth-order valence-electron chi connectivity index (χ4n) is 4.49. The Labute approximate surface area is 200 Å². The van der Waals surface area contributed by atoms with E-state index in [0.29, 0.717) is 30.5 Å². The van der Waals surface area contributed by atoms with Gasteiger partial charge in [-0.1, -0.05) is 29.8 Å². The number of benzene rings is 2. The number of aryl methyl sites for hydroxylation is 2. The topological polar surface area (TPSA) is 73.9 Å². The van der Waals surface area contributed by atoms with Crippen LogP contribution in [0.25, 0.3) is 0 Å². The molecule has 2 amide bonds. The molecule has 2 aliphatic rings. The highest BCUT2D eigenvalue weighted by Crippen LogP contribution is 2.31. The van der Waals surface area contributed by atoms with E-state index in [2.05, 4.69) is 45.7 Å². The second-order valence-electron chi connectivity index (χ2n) is 8.71. The Balaban J connectivity index is 1.46. The minimum absolute atomic E-state index is 0.0306. The Kier molecular flexibility index (Phi) is 7.53. The number of amides is 2. The van der Waals surface area contributed by atoms with E-state index in [1.54, 1.807) is 18.2 Å². The summed E-state index contributed by atoms with van der Waals surface area (Å²) in [4.78, 5) is 29.6. The summed E-state index contributed by atoms with van der Waals surface area (Å²) in [5.74, 6) is -1.37. The number of hydrogen-bond acceptors (Lipinski definition) is 5. The molecule has 2 aromatic rings. The van der Waals surface area contributed by atoms with Crippen LogP contribution in [0.15, 0.2) is 36.4 Å². The van der Waals surface area contributed by atoms with Gasteiger partial charge in [0.15, 0.2) is 0 Å². The predicted octanol–water partition coefficient (Wildman–Crippen LogP) is 3.16. The molecule has 0 saturated carbocycles. The number of fused-ring (bicyclic) bond motifs is 1. The van der Waals surface area contributed by atoms with Gasteiger partial charge in [-0.3, -0.25) is 14.5 Å². The van der Waals surface area contributed by atoms with Crippen molar-refractivity contribution < 1.29 is 14.3 Å². The Morgan fingerprint density at radius 3 is 2.64 bits per heavy atom. The average molecular weight is 471 g/mol. The van der Waals surface area contributed by atoms with Crippen LogP contribution >= 0.6 is 11.6 Å². The average Bonchev–Trinajstić information content (AvgIpc) is 2.82. The molecule has 176 valence electrons. The van der Waals surface area contributed by atoms with Gasteiger partial charge >= 0.3 is 11.8 Å². The zero-order valence-electron chi connectivity index (χ0n) is 19.2. The summed E-state index contributed by atoms with van der Waals surface area (Å²) in [6.45, 7) is 6.17. The third-order valence-electron chi connectivity index (χ3n) is 6.42. The van der Waals surface area contributed by atoms with Crippen molar-refractivity contribution in [3.63, 3.8) is 0 Å². The van der Waals surface area contributed by atoms with Crippen LogP contribution < -0.4 is 15.5 Å². The molecule has 7 nitrogen and oxygen atoms in total. The number of carbonyl (C=O) groups excluding carboxylic acids is 2. The Morgan fingerprint density at radius 1 is 1.09 bits per heavy atom. The lowest BCUT2D eigenvalue weighted by molar-refractivity contribution is -0.136. The van der Waals surface area contributed by atoms with Crippen LogP contribution in [0.2, 0.25) is 5.02 Å². The maximum Gasteiger partial charge on any atom is 0.313 e. The Morgan fingerprint density at radius 2 is 1.88 bits per heavy atom. The number of nitrogens with one attached hydrogen (secondary N) is 2. The molecule has 2 N–H and O–H groups in total. The fourth-order valence-corrected chi connectivity index (χ4v) is 4.67. The number of ether oxygens (including phenoxy) is 1. The van der Waals surface area contributed by atoms with Gasteiger partial charge in [0.25, 0.3) is 0 Å². The molecular formula is C25H31ClN4O3. The lowest BCUT2D eigenvalue weighted by Gasteiger charge is -2.36. The second-order valence-corrected chi connectivity index (χ2v) is 9.11. The molecular weight excluding hydrogens is 440 g/mol. The van der Waals surface area contributed by atoms with Crippen molar-refractivity contribution in [1.29, 1.82) is 0 Å². The highest BCUT2D eigenvalue weighted by molar-refractivity contribution is 6.39. The van der Waals surface area contributed by atoms with Crippen LogP contribution in [0.4, 0.5) is 11.4 Å². The second kappa shape index (κ2) is 10.5. The van der Waals surface area contributed by atoms with Crippen LogP contribution in [0.3, 0.4) is 0 Å². The minimum Gasteiger partial charge on any atom is -0.379 e. The standard InChI is InChI=1S/C25H31ClN4O3/c1-17-5-7-20(15-21(17)26)28-25(32)24(31)27-16-23(30-10-12-33-13-11-30)19-6-8-22-18(14-19)4-3-9-29(22)2/h5-8,14-15,23H,3-4,9-13,16H2,1-2H3,(H,27,31)(H,28,32)/t23-/m0/s1. The van der Waals surface area contributed by atoms with Gasteiger partial charge in [0, 0.05) is 49.6 Å². The molecule has 1 saturated heterocycles. The predicted molar refractivity (Wildman–Crippen MR) is 131 cm³/mol. The molecule has 2 aromatic carbocycles. The van der Waals surface area contributed by atoms with E-state index in [1.807, 2.05) is 6.92 Å². The molecule has 0 aliphatic carbocycles. The van der Waals surface area contributed by atoms with Crippen molar-refractivity contribution in [1.82, 2.24) is 10.2 Å². The monoisotopic (exact) mass is 470 g/mol. The summed E-state index contributed by atoms with van der Waals surface area (Å²) in [7, 11) is 2.12. The van der Waals surface area contributed by atoms with Gasteiger partial charge in [-0.2, -0.15) is 0 Å². The highest BCUT2D eigenvalue weighted by atomic mass is 35.5. The molecule has 2 aliphatic heterocycles. The molecule has 0 spiro atoms. The molecule has 0 radical (unpaired) electrons. The largest absolute Gasteiger partial charge is 0.379 e. The van der Waals surface area contributed by atoms with Crippen molar-refractivity contribution in [2.75, 3.05) is 56.7 Å². The first-order chi connectivity index (χ1) is 15.9. The normalized spacial score (nSPS) is 17.2. The Hall–Kier alpha value is -2.61. The third kappa shape index (κ3) is 5.66. The number of hydrogen-bond donors (Lipinski definition) is 2. The van der Waals surface area contributed by atoms with Gasteiger partial charge in [-0.05, 0) is 54.7 Å². The van der Waals surface area contributed by atoms with E-state index < -0.39 is 11.8 Å². The summed E-state index contributed by atoms with van der Waals surface area (Å²) < 4.78 is 5.53. The van der Waals surface area contributed by atoms with E-state index in [0.717, 1.165) is 43.6 Å². The van der Waals surface area contributed by atoms with Gasteiger partial charge < -0.3 is 20.3 Å². The number of halogens is 1. The van der Waals surface area contributed by atoms with E-state index in [9.17, 15) is 9.59 Å². The number of rotatable bonds is 5. The molecule has 8 heteroatoms. The number of anilines is 2. The van der Waals surface area contributed by atoms with Crippen molar-refractivity contribution in [2.45, 2.75) is 25.8 Å². The van der Waals surface area contributed by atoms with Crippen LogP contribution in [0.5, 0.6) is 0 Å². The lowest BCUT2D eigenvalue weighted by Crippen LogP contribution is -2.45. The summed E-state index contributed by atoms with van der Waals surface area (Å²) in [6, 6.07) is 11.7. The zero-order valence-corrected chi connectivity index (χ0v) is 20.0. The summed E-state index contributed by atoms with van der Waals surface area (Å²) in [6.07, 6.45) is 2.19. The highest BCUT2D eigenvalue weighted by Gasteiger charge is 2.26. The number of morpholine rings is 1. The molecule has 1 fully saturated rings. The first-order valence-corrected chi connectivity index (χ1v) is 11.8. The van der Waals surface area contributed by atoms with Crippen LogP contribution in [-0.4, -0.2) is 63.2 Å². The van der Waals surface area contributed by atoms with Gasteiger partial charge in [-0.15, -0.1) is 0 Å². The fraction of sp³-hybridized carbons (Fsp3) is 0.440. The molecule has 4 rings (SSSR count). The number of nitrogens with zero attached hydrogens (tertiary/aromatic N) is 2.